The molecule has 0 amide bonds. The van der Waals surface area contributed by atoms with Gasteiger partial charge in [0, 0.05) is 0 Å². The van der Waals surface area contributed by atoms with Gasteiger partial charge in [-0.15, -0.1) is 0 Å². The first kappa shape index (κ1) is 25.1. The summed E-state index contributed by atoms with van der Waals surface area (Å²) in [5.74, 6) is 2.56. The zero-order chi connectivity index (χ0) is 23.0. The van der Waals surface area contributed by atoms with E-state index in [0.717, 1.165) is 51.4 Å². The predicted molar refractivity (Wildman–Crippen MR) is 118 cm³/mol. The molecule has 0 aliphatic heterocycles. The van der Waals surface area contributed by atoms with Crippen molar-refractivity contribution in [2.24, 2.45) is 35.0 Å². The molecule has 0 spiro atoms. The van der Waals surface area contributed by atoms with Crippen molar-refractivity contribution in [2.45, 2.75) is 116 Å². The Labute approximate surface area is 186 Å². The van der Waals surface area contributed by atoms with Crippen LogP contribution in [0, 0.1) is 35.0 Å². The summed E-state index contributed by atoms with van der Waals surface area (Å²) in [7, 11) is 0. The molecule has 2 saturated carbocycles. The maximum absolute atomic E-state index is 12.7. The quantitative estimate of drug-likeness (QED) is 0.456. The van der Waals surface area contributed by atoms with Crippen molar-refractivity contribution in [3.63, 3.8) is 0 Å². The summed E-state index contributed by atoms with van der Waals surface area (Å²) in [5, 5.41) is 20.0. The van der Waals surface area contributed by atoms with E-state index in [2.05, 4.69) is 26.8 Å². The van der Waals surface area contributed by atoms with Crippen molar-refractivity contribution < 1.29 is 23.4 Å². The molecule has 8 atom stereocenters. The normalized spacial score (nSPS) is 41.6. The molecule has 0 aromatic carbocycles. The van der Waals surface area contributed by atoms with Crippen molar-refractivity contribution in [3.05, 3.63) is 11.6 Å². The number of aliphatic hydroxyl groups excluding tert-OH is 1. The lowest BCUT2D eigenvalue weighted by molar-refractivity contribution is -0.206. The standard InChI is InChI=1S/C26H43F3O2/c1-17(9-13-23(30)26(27,28)29)19-6-5-7-22-21(18(2)8-10-19)12-11-20-16-24(3,31)14-15-25(20,22)4/h11,17-19,21-23,30-31H,5-10,12-16H2,1-4H3. The largest absolute Gasteiger partial charge is 0.414 e. The van der Waals surface area contributed by atoms with Gasteiger partial charge < -0.3 is 10.2 Å². The van der Waals surface area contributed by atoms with Gasteiger partial charge in [0.1, 0.15) is 6.10 Å². The predicted octanol–water partition coefficient (Wildman–Crippen LogP) is 7.05. The third-order valence-corrected chi connectivity index (χ3v) is 9.35. The Hall–Kier alpha value is -0.550. The second kappa shape index (κ2) is 9.37. The second-order valence-corrected chi connectivity index (χ2v) is 11.7. The maximum Gasteiger partial charge on any atom is 0.414 e. The highest BCUT2D eigenvalue weighted by Gasteiger charge is 2.50. The molecule has 0 bridgehead atoms. The minimum Gasteiger partial charge on any atom is -0.390 e. The molecular weight excluding hydrogens is 401 g/mol. The Balaban J connectivity index is 1.66. The minimum absolute atomic E-state index is 0.182. The summed E-state index contributed by atoms with van der Waals surface area (Å²) >= 11 is 0. The molecule has 5 heteroatoms. The van der Waals surface area contributed by atoms with E-state index in [4.69, 9.17) is 0 Å². The lowest BCUT2D eigenvalue weighted by atomic mass is 9.52. The van der Waals surface area contributed by atoms with Crippen LogP contribution in [0.2, 0.25) is 0 Å². The van der Waals surface area contributed by atoms with Gasteiger partial charge in [-0.1, -0.05) is 51.7 Å². The summed E-state index contributed by atoms with van der Waals surface area (Å²) in [4.78, 5) is 0. The van der Waals surface area contributed by atoms with Crippen LogP contribution in [-0.4, -0.2) is 28.1 Å². The Kier molecular flexibility index (Phi) is 7.58. The number of fused-ring (bicyclic) bond motifs is 3. The first-order valence-electron chi connectivity index (χ1n) is 12.5. The first-order valence-corrected chi connectivity index (χ1v) is 12.5. The zero-order valence-electron chi connectivity index (χ0n) is 19.8. The number of halogens is 3. The van der Waals surface area contributed by atoms with Crippen LogP contribution in [-0.2, 0) is 0 Å². The van der Waals surface area contributed by atoms with Crippen LogP contribution < -0.4 is 0 Å². The van der Waals surface area contributed by atoms with E-state index in [0.29, 0.717) is 30.1 Å². The molecule has 2 fully saturated rings. The average Bonchev–Trinajstić information content (AvgIpc) is 2.75. The van der Waals surface area contributed by atoms with Gasteiger partial charge in [-0.25, -0.2) is 0 Å². The van der Waals surface area contributed by atoms with Gasteiger partial charge in [0.05, 0.1) is 5.60 Å². The summed E-state index contributed by atoms with van der Waals surface area (Å²) in [6.45, 7) is 8.84. The molecule has 3 rings (SSSR count). The fourth-order valence-electron chi connectivity index (χ4n) is 7.02. The van der Waals surface area contributed by atoms with Gasteiger partial charge in [0.25, 0.3) is 0 Å². The Morgan fingerprint density at radius 1 is 1.10 bits per heavy atom. The maximum atomic E-state index is 12.7. The second-order valence-electron chi connectivity index (χ2n) is 11.7. The fourth-order valence-corrected chi connectivity index (χ4v) is 7.02. The molecule has 0 aromatic rings. The van der Waals surface area contributed by atoms with Crippen molar-refractivity contribution in [1.29, 1.82) is 0 Å². The Morgan fingerprint density at radius 2 is 1.81 bits per heavy atom. The molecule has 0 saturated heterocycles. The average molecular weight is 445 g/mol. The number of hydrogen-bond donors (Lipinski definition) is 2. The molecule has 0 radical (unpaired) electrons. The van der Waals surface area contributed by atoms with Gasteiger partial charge >= 0.3 is 6.18 Å². The van der Waals surface area contributed by atoms with Crippen molar-refractivity contribution in [1.82, 2.24) is 0 Å². The number of alkyl halides is 3. The van der Waals surface area contributed by atoms with Crippen LogP contribution in [0.3, 0.4) is 0 Å². The van der Waals surface area contributed by atoms with Crippen LogP contribution in [0.5, 0.6) is 0 Å². The monoisotopic (exact) mass is 444 g/mol. The van der Waals surface area contributed by atoms with Gasteiger partial charge in [-0.2, -0.15) is 13.2 Å². The van der Waals surface area contributed by atoms with Crippen LogP contribution in [0.4, 0.5) is 13.2 Å². The number of aliphatic hydroxyl groups is 2. The molecular formula is C26H43F3O2. The topological polar surface area (TPSA) is 40.5 Å². The first-order chi connectivity index (χ1) is 14.3. The molecule has 31 heavy (non-hydrogen) atoms. The van der Waals surface area contributed by atoms with E-state index >= 15 is 0 Å². The smallest absolute Gasteiger partial charge is 0.390 e. The van der Waals surface area contributed by atoms with Crippen LogP contribution in [0.25, 0.3) is 0 Å². The van der Waals surface area contributed by atoms with Crippen molar-refractivity contribution >= 4 is 0 Å². The molecule has 8 unspecified atom stereocenters. The third kappa shape index (κ3) is 5.69. The van der Waals surface area contributed by atoms with Gasteiger partial charge in [0.2, 0.25) is 0 Å². The molecule has 3 aliphatic rings. The number of hydrogen-bond acceptors (Lipinski definition) is 2. The van der Waals surface area contributed by atoms with Crippen LogP contribution in [0.15, 0.2) is 11.6 Å². The molecule has 180 valence electrons. The van der Waals surface area contributed by atoms with E-state index in [9.17, 15) is 23.4 Å². The molecule has 0 aromatic heterocycles. The zero-order valence-corrected chi connectivity index (χ0v) is 19.8. The Morgan fingerprint density at radius 3 is 2.48 bits per heavy atom. The number of rotatable bonds is 4. The molecule has 2 N–H and O–H groups in total. The summed E-state index contributed by atoms with van der Waals surface area (Å²) in [6.07, 6.45) is 5.38. The molecule has 2 nitrogen and oxygen atoms in total. The highest BCUT2D eigenvalue weighted by atomic mass is 19.4. The van der Waals surface area contributed by atoms with Gasteiger partial charge in [-0.05, 0) is 93.3 Å². The summed E-state index contributed by atoms with van der Waals surface area (Å²) in [6, 6.07) is 0. The van der Waals surface area contributed by atoms with Gasteiger partial charge in [-0.3, -0.25) is 0 Å². The molecule has 0 heterocycles. The van der Waals surface area contributed by atoms with Crippen molar-refractivity contribution in [2.75, 3.05) is 0 Å². The van der Waals surface area contributed by atoms with E-state index in [1.807, 2.05) is 6.92 Å². The Bertz CT molecular complexity index is 641. The minimum atomic E-state index is -4.51. The third-order valence-electron chi connectivity index (χ3n) is 9.35. The van der Waals surface area contributed by atoms with Crippen molar-refractivity contribution in [3.8, 4) is 0 Å². The highest BCUT2D eigenvalue weighted by molar-refractivity contribution is 5.25. The summed E-state index contributed by atoms with van der Waals surface area (Å²) < 4.78 is 38.1. The van der Waals surface area contributed by atoms with Crippen LogP contribution >= 0.6 is 0 Å². The summed E-state index contributed by atoms with van der Waals surface area (Å²) in [5.41, 5.74) is 1.06. The lowest BCUT2D eigenvalue weighted by Crippen LogP contribution is -2.46. The molecule has 3 aliphatic carbocycles. The number of allylic oxidation sites excluding steroid dienone is 1. The fraction of sp³-hybridized carbons (Fsp3) is 0.923. The van der Waals surface area contributed by atoms with E-state index in [1.54, 1.807) is 0 Å². The SMILES string of the molecule is CC(CCC(O)C(F)(F)F)C1CCCC2C(CC=C3CC(C)(O)CCC32C)C(C)CC1. The van der Waals surface area contributed by atoms with E-state index in [1.165, 1.54) is 12.0 Å². The van der Waals surface area contributed by atoms with Crippen LogP contribution in [0.1, 0.15) is 98.3 Å². The highest BCUT2D eigenvalue weighted by Crippen LogP contribution is 2.58. The van der Waals surface area contributed by atoms with E-state index < -0.39 is 17.9 Å². The van der Waals surface area contributed by atoms with Gasteiger partial charge in [0.15, 0.2) is 0 Å². The lowest BCUT2D eigenvalue weighted by Gasteiger charge is -2.53. The van der Waals surface area contributed by atoms with E-state index in [-0.39, 0.29) is 17.8 Å².